The Bertz CT molecular complexity index is 447. The van der Waals surface area contributed by atoms with Crippen LogP contribution in [0, 0.1) is 13.8 Å². The lowest BCUT2D eigenvalue weighted by atomic mass is 10.3. The zero-order valence-corrected chi connectivity index (χ0v) is 10.5. The van der Waals surface area contributed by atoms with Gasteiger partial charge in [-0.05, 0) is 13.8 Å². The number of rotatable bonds is 3. The summed E-state index contributed by atoms with van der Waals surface area (Å²) in [4.78, 5) is 15.0. The molecule has 0 bridgehead atoms. The molecule has 2 heterocycles. The number of hydrogen-bond donors (Lipinski definition) is 0. The highest BCUT2D eigenvalue weighted by molar-refractivity contribution is 7.07. The van der Waals surface area contributed by atoms with Crippen LogP contribution in [-0.4, -0.2) is 22.0 Å². The highest BCUT2D eigenvalue weighted by Crippen LogP contribution is 2.13. The van der Waals surface area contributed by atoms with Crippen molar-refractivity contribution in [1.29, 1.82) is 0 Å². The maximum Gasteiger partial charge on any atom is 0.132 e. The van der Waals surface area contributed by atoms with E-state index in [2.05, 4.69) is 25.2 Å². The molecule has 0 atom stereocenters. The molecule has 16 heavy (non-hydrogen) atoms. The molecule has 4 nitrogen and oxygen atoms in total. The van der Waals surface area contributed by atoms with Gasteiger partial charge in [0.1, 0.15) is 11.6 Å². The third kappa shape index (κ3) is 2.55. The largest absolute Gasteiger partial charge is 0.354 e. The minimum atomic E-state index is 0.777. The summed E-state index contributed by atoms with van der Waals surface area (Å²) in [5, 5.41) is 2.05. The summed E-state index contributed by atoms with van der Waals surface area (Å²) in [5.41, 5.74) is 3.91. The van der Waals surface area contributed by atoms with Crippen molar-refractivity contribution in [2.24, 2.45) is 0 Å². The molecule has 0 aliphatic heterocycles. The number of aryl methyl sites for hydroxylation is 2. The summed E-state index contributed by atoms with van der Waals surface area (Å²) in [6, 6.07) is 1.99. The molecule has 0 N–H and O–H groups in total. The van der Waals surface area contributed by atoms with E-state index in [0.717, 1.165) is 29.6 Å². The molecule has 0 saturated carbocycles. The molecule has 2 aromatic heterocycles. The molecule has 2 aromatic rings. The van der Waals surface area contributed by atoms with E-state index >= 15 is 0 Å². The fourth-order valence-corrected chi connectivity index (χ4v) is 2.08. The second-order valence-corrected chi connectivity index (χ2v) is 4.47. The van der Waals surface area contributed by atoms with Gasteiger partial charge in [0, 0.05) is 24.2 Å². The summed E-state index contributed by atoms with van der Waals surface area (Å²) in [7, 11) is 2.01. The van der Waals surface area contributed by atoms with Gasteiger partial charge in [0.25, 0.3) is 0 Å². The molecule has 0 radical (unpaired) electrons. The van der Waals surface area contributed by atoms with Crippen molar-refractivity contribution in [3.8, 4) is 0 Å². The van der Waals surface area contributed by atoms with E-state index < -0.39 is 0 Å². The average molecular weight is 234 g/mol. The molecule has 5 heteroatoms. The molecule has 0 aromatic carbocycles. The predicted octanol–water partition coefficient (Wildman–Crippen LogP) is 2.19. The van der Waals surface area contributed by atoms with Gasteiger partial charge in [-0.3, -0.25) is 0 Å². The Labute approximate surface area is 99.0 Å². The van der Waals surface area contributed by atoms with Gasteiger partial charge in [-0.25, -0.2) is 15.0 Å². The SMILES string of the molecule is Cc1cc(N(C)Cc2cscn2)nc(C)n1. The molecule has 0 saturated heterocycles. The molecule has 0 unspecified atom stereocenters. The molecule has 0 spiro atoms. The van der Waals surface area contributed by atoms with Crippen LogP contribution in [0.2, 0.25) is 0 Å². The quantitative estimate of drug-likeness (QED) is 0.816. The lowest BCUT2D eigenvalue weighted by molar-refractivity contribution is 0.854. The van der Waals surface area contributed by atoms with Crippen LogP contribution in [0.15, 0.2) is 17.0 Å². The summed E-state index contributed by atoms with van der Waals surface area (Å²) in [6.45, 7) is 4.67. The maximum atomic E-state index is 4.40. The first-order chi connectivity index (χ1) is 7.65. The number of aromatic nitrogens is 3. The first-order valence-corrected chi connectivity index (χ1v) is 6.00. The van der Waals surface area contributed by atoms with Gasteiger partial charge in [-0.2, -0.15) is 0 Å². The van der Waals surface area contributed by atoms with Crippen LogP contribution >= 0.6 is 11.3 Å². The Morgan fingerprint density at radius 3 is 2.75 bits per heavy atom. The van der Waals surface area contributed by atoms with E-state index in [1.807, 2.05) is 32.5 Å². The van der Waals surface area contributed by atoms with Crippen molar-refractivity contribution < 1.29 is 0 Å². The van der Waals surface area contributed by atoms with Crippen LogP contribution in [0.1, 0.15) is 17.2 Å². The van der Waals surface area contributed by atoms with Crippen LogP contribution in [0.25, 0.3) is 0 Å². The first-order valence-electron chi connectivity index (χ1n) is 5.05. The van der Waals surface area contributed by atoms with Gasteiger partial charge in [0.2, 0.25) is 0 Å². The van der Waals surface area contributed by atoms with Gasteiger partial charge < -0.3 is 4.90 Å². The Morgan fingerprint density at radius 1 is 1.31 bits per heavy atom. The lowest BCUT2D eigenvalue weighted by Crippen LogP contribution is -2.18. The van der Waals surface area contributed by atoms with E-state index in [0.29, 0.717) is 0 Å². The van der Waals surface area contributed by atoms with Crippen LogP contribution in [0.3, 0.4) is 0 Å². The van der Waals surface area contributed by atoms with Gasteiger partial charge >= 0.3 is 0 Å². The van der Waals surface area contributed by atoms with Crippen LogP contribution in [-0.2, 0) is 6.54 Å². The molecule has 2 rings (SSSR count). The van der Waals surface area contributed by atoms with Crippen molar-refractivity contribution >= 4 is 17.2 Å². The fourth-order valence-electron chi connectivity index (χ4n) is 1.53. The minimum Gasteiger partial charge on any atom is -0.354 e. The van der Waals surface area contributed by atoms with Crippen LogP contribution in [0.4, 0.5) is 5.82 Å². The monoisotopic (exact) mass is 234 g/mol. The van der Waals surface area contributed by atoms with E-state index in [4.69, 9.17) is 0 Å². The smallest absolute Gasteiger partial charge is 0.132 e. The normalized spacial score (nSPS) is 10.4. The van der Waals surface area contributed by atoms with E-state index in [1.165, 1.54) is 0 Å². The van der Waals surface area contributed by atoms with Gasteiger partial charge in [0.15, 0.2) is 0 Å². The van der Waals surface area contributed by atoms with E-state index in [-0.39, 0.29) is 0 Å². The Hall–Kier alpha value is -1.49. The molecule has 84 valence electrons. The van der Waals surface area contributed by atoms with E-state index in [1.54, 1.807) is 11.3 Å². The third-order valence-corrected chi connectivity index (χ3v) is 2.86. The Balaban J connectivity index is 2.17. The standard InChI is InChI=1S/C11H14N4S/c1-8-4-11(14-9(2)13-8)15(3)5-10-6-16-7-12-10/h4,6-7H,5H2,1-3H3. The highest BCUT2D eigenvalue weighted by Gasteiger charge is 2.06. The van der Waals surface area contributed by atoms with Gasteiger partial charge in [0.05, 0.1) is 17.7 Å². The van der Waals surface area contributed by atoms with Crippen molar-refractivity contribution in [3.63, 3.8) is 0 Å². The maximum absolute atomic E-state index is 4.40. The van der Waals surface area contributed by atoms with E-state index in [9.17, 15) is 0 Å². The van der Waals surface area contributed by atoms with Crippen LogP contribution < -0.4 is 4.90 Å². The number of thiazole rings is 1. The summed E-state index contributed by atoms with van der Waals surface area (Å²) in [5.74, 6) is 1.75. The zero-order chi connectivity index (χ0) is 11.5. The lowest BCUT2D eigenvalue weighted by Gasteiger charge is -2.17. The number of anilines is 1. The highest BCUT2D eigenvalue weighted by atomic mass is 32.1. The molecule has 0 amide bonds. The second kappa shape index (κ2) is 4.57. The first kappa shape index (κ1) is 11.0. The Kier molecular flexibility index (Phi) is 3.14. The number of hydrogen-bond acceptors (Lipinski definition) is 5. The summed E-state index contributed by atoms with van der Waals surface area (Å²) < 4.78 is 0. The van der Waals surface area contributed by atoms with Crippen molar-refractivity contribution in [2.45, 2.75) is 20.4 Å². The van der Waals surface area contributed by atoms with Gasteiger partial charge in [-0.15, -0.1) is 11.3 Å². The topological polar surface area (TPSA) is 41.9 Å². The molecular formula is C11H14N4S. The summed E-state index contributed by atoms with van der Waals surface area (Å²) >= 11 is 1.61. The minimum absolute atomic E-state index is 0.777. The van der Waals surface area contributed by atoms with Crippen molar-refractivity contribution in [3.05, 3.63) is 34.2 Å². The van der Waals surface area contributed by atoms with Crippen molar-refractivity contribution in [1.82, 2.24) is 15.0 Å². The van der Waals surface area contributed by atoms with Crippen LogP contribution in [0.5, 0.6) is 0 Å². The molecular weight excluding hydrogens is 220 g/mol. The molecule has 0 aliphatic rings. The molecule has 0 aliphatic carbocycles. The zero-order valence-electron chi connectivity index (χ0n) is 9.64. The average Bonchev–Trinajstić information content (AvgIpc) is 2.68. The summed E-state index contributed by atoms with van der Waals surface area (Å²) in [6.07, 6.45) is 0. The predicted molar refractivity (Wildman–Crippen MR) is 65.7 cm³/mol. The van der Waals surface area contributed by atoms with Crippen molar-refractivity contribution in [2.75, 3.05) is 11.9 Å². The third-order valence-electron chi connectivity index (χ3n) is 2.23. The second-order valence-electron chi connectivity index (χ2n) is 3.75. The fraction of sp³-hybridized carbons (Fsp3) is 0.364. The van der Waals surface area contributed by atoms with Gasteiger partial charge in [-0.1, -0.05) is 0 Å². The number of nitrogens with zero attached hydrogens (tertiary/aromatic N) is 4. The Morgan fingerprint density at radius 2 is 2.12 bits per heavy atom. The molecule has 0 fully saturated rings.